The maximum atomic E-state index is 12.9. The number of aromatic nitrogens is 3. The number of amides is 1. The molecule has 1 unspecified atom stereocenters. The van der Waals surface area contributed by atoms with Gasteiger partial charge in [0.25, 0.3) is 0 Å². The number of rotatable bonds is 3. The Morgan fingerprint density at radius 3 is 2.66 bits per heavy atom. The lowest BCUT2D eigenvalue weighted by molar-refractivity contribution is -0.132. The molecule has 1 atom stereocenters. The molecule has 1 aliphatic heterocycles. The molecule has 0 fully saturated rings. The predicted octanol–water partition coefficient (Wildman–Crippen LogP) is 5.05. The number of ether oxygens (including phenoxy) is 2. The summed E-state index contributed by atoms with van der Waals surface area (Å²) in [6, 6.07) is 10.4. The third kappa shape index (κ3) is 4.17. The molecule has 2 aromatic carbocycles. The van der Waals surface area contributed by atoms with Crippen LogP contribution < -0.4 is 14.4 Å². The van der Waals surface area contributed by atoms with E-state index in [9.17, 15) is 9.59 Å². The Labute approximate surface area is 201 Å². The van der Waals surface area contributed by atoms with E-state index in [0.717, 1.165) is 0 Å². The second-order valence-corrected chi connectivity index (χ2v) is 8.79. The average Bonchev–Trinajstić information content (AvgIpc) is 2.89. The molecule has 0 radical (unpaired) electrons. The number of nitrogens with zero attached hydrogens (tertiary/aromatic N) is 4. The van der Waals surface area contributed by atoms with Gasteiger partial charge in [0.05, 0.1) is 15.7 Å². The minimum atomic E-state index is -1.05. The first-order valence-corrected chi connectivity index (χ1v) is 11.7. The van der Waals surface area contributed by atoms with Crippen molar-refractivity contribution in [3.8, 4) is 22.9 Å². The molecule has 2 heterocycles. The monoisotopic (exact) mass is 534 g/mol. The quantitative estimate of drug-likeness (QED) is 0.261. The van der Waals surface area contributed by atoms with Gasteiger partial charge in [0.1, 0.15) is 0 Å². The number of para-hydroxylation sites is 1. The van der Waals surface area contributed by atoms with Gasteiger partial charge >= 0.3 is 5.97 Å². The van der Waals surface area contributed by atoms with E-state index in [1.807, 2.05) is 18.4 Å². The van der Waals surface area contributed by atoms with Gasteiger partial charge in [-0.15, -0.1) is 10.2 Å². The highest BCUT2D eigenvalue weighted by atomic mass is 79.9. The van der Waals surface area contributed by atoms with E-state index in [1.54, 1.807) is 24.3 Å². The Kier molecular flexibility index (Phi) is 6.36. The molecule has 32 heavy (non-hydrogen) atoms. The van der Waals surface area contributed by atoms with Crippen molar-refractivity contribution in [2.24, 2.45) is 0 Å². The SMILES string of the molecule is CSc1nnc2c(n1)OC(c1cc(Cl)cc(Br)c1OC(C)=O)N(C(C)=O)c1ccccc1-2. The highest BCUT2D eigenvalue weighted by molar-refractivity contribution is 9.10. The molecular weight excluding hydrogens is 520 g/mol. The van der Waals surface area contributed by atoms with Crippen LogP contribution in [0.3, 0.4) is 0 Å². The van der Waals surface area contributed by atoms with E-state index in [0.29, 0.717) is 37.2 Å². The van der Waals surface area contributed by atoms with E-state index in [4.69, 9.17) is 21.1 Å². The Bertz CT molecular complexity index is 1240. The highest BCUT2D eigenvalue weighted by Crippen LogP contribution is 2.46. The van der Waals surface area contributed by atoms with Gasteiger partial charge in [-0.2, -0.15) is 4.98 Å². The van der Waals surface area contributed by atoms with Gasteiger partial charge in [0, 0.05) is 24.4 Å². The molecule has 11 heteroatoms. The van der Waals surface area contributed by atoms with E-state index >= 15 is 0 Å². The summed E-state index contributed by atoms with van der Waals surface area (Å²) in [6.07, 6.45) is 0.769. The molecule has 4 rings (SSSR count). The molecule has 0 bridgehead atoms. The molecule has 1 aliphatic rings. The van der Waals surface area contributed by atoms with Gasteiger partial charge in [-0.3, -0.25) is 14.5 Å². The average molecular weight is 536 g/mol. The van der Waals surface area contributed by atoms with Crippen LogP contribution >= 0.6 is 39.3 Å². The maximum Gasteiger partial charge on any atom is 0.308 e. The van der Waals surface area contributed by atoms with E-state index in [1.165, 1.54) is 30.5 Å². The first kappa shape index (κ1) is 22.5. The van der Waals surface area contributed by atoms with E-state index in [2.05, 4.69) is 31.1 Å². The number of carbonyl (C=O) groups excluding carboxylic acids is 2. The standard InChI is InChI=1S/C21H16BrClN4O4S/c1-10(28)27-16-7-5-4-6-13(16)17-19(24-21(32-3)26-25-17)31-20(27)14-8-12(23)9-15(22)18(14)30-11(2)29/h4-9,20H,1-3H3. The van der Waals surface area contributed by atoms with Crippen molar-refractivity contribution in [2.75, 3.05) is 11.2 Å². The molecular formula is C21H16BrClN4O4S. The van der Waals surface area contributed by atoms with Crippen molar-refractivity contribution in [3.63, 3.8) is 0 Å². The number of esters is 1. The zero-order chi connectivity index (χ0) is 23.0. The summed E-state index contributed by atoms with van der Waals surface area (Å²) >= 11 is 11.0. The number of fused-ring (bicyclic) bond motifs is 3. The van der Waals surface area contributed by atoms with Crippen molar-refractivity contribution in [2.45, 2.75) is 25.2 Å². The lowest BCUT2D eigenvalue weighted by atomic mass is 10.1. The van der Waals surface area contributed by atoms with Gasteiger partial charge in [-0.05, 0) is 40.4 Å². The first-order valence-electron chi connectivity index (χ1n) is 9.32. The van der Waals surface area contributed by atoms with Crippen molar-refractivity contribution in [1.82, 2.24) is 15.2 Å². The summed E-state index contributed by atoms with van der Waals surface area (Å²) in [4.78, 5) is 30.6. The van der Waals surface area contributed by atoms with Gasteiger partial charge in [0.15, 0.2) is 11.4 Å². The number of hydrogen-bond acceptors (Lipinski definition) is 8. The van der Waals surface area contributed by atoms with Crippen LogP contribution in [0.5, 0.6) is 11.6 Å². The zero-order valence-electron chi connectivity index (χ0n) is 17.1. The van der Waals surface area contributed by atoms with Crippen LogP contribution in [0.4, 0.5) is 5.69 Å². The minimum absolute atomic E-state index is 0.186. The van der Waals surface area contributed by atoms with Crippen molar-refractivity contribution >= 4 is 56.9 Å². The minimum Gasteiger partial charge on any atom is -0.447 e. The van der Waals surface area contributed by atoms with Crippen molar-refractivity contribution < 1.29 is 19.1 Å². The molecule has 164 valence electrons. The Morgan fingerprint density at radius 2 is 1.97 bits per heavy atom. The summed E-state index contributed by atoms with van der Waals surface area (Å²) in [5, 5.41) is 9.19. The molecule has 3 aromatic rings. The van der Waals surface area contributed by atoms with Gasteiger partial charge < -0.3 is 9.47 Å². The van der Waals surface area contributed by atoms with E-state index in [-0.39, 0.29) is 17.5 Å². The highest BCUT2D eigenvalue weighted by Gasteiger charge is 2.37. The normalized spacial score (nSPS) is 14.7. The number of thioether (sulfide) groups is 1. The molecule has 0 saturated carbocycles. The Morgan fingerprint density at radius 1 is 1.22 bits per heavy atom. The third-order valence-electron chi connectivity index (χ3n) is 4.58. The topological polar surface area (TPSA) is 94.5 Å². The van der Waals surface area contributed by atoms with Gasteiger partial charge in [-0.1, -0.05) is 41.6 Å². The summed E-state index contributed by atoms with van der Waals surface area (Å²) in [6.45, 7) is 2.70. The molecule has 8 nitrogen and oxygen atoms in total. The number of hydrogen-bond donors (Lipinski definition) is 0. The van der Waals surface area contributed by atoms with Crippen LogP contribution in [-0.2, 0) is 9.59 Å². The Hall–Kier alpha value is -2.69. The zero-order valence-corrected chi connectivity index (χ0v) is 20.3. The van der Waals surface area contributed by atoms with Crippen LogP contribution in [0, 0.1) is 0 Å². The smallest absolute Gasteiger partial charge is 0.308 e. The molecule has 0 spiro atoms. The van der Waals surface area contributed by atoms with Crippen molar-refractivity contribution in [3.05, 3.63) is 51.5 Å². The van der Waals surface area contributed by atoms with Gasteiger partial charge in [0.2, 0.25) is 23.2 Å². The lowest BCUT2D eigenvalue weighted by Crippen LogP contribution is -2.36. The second-order valence-electron chi connectivity index (χ2n) is 6.73. The molecule has 1 aromatic heterocycles. The Balaban J connectivity index is 2.02. The largest absolute Gasteiger partial charge is 0.447 e. The van der Waals surface area contributed by atoms with Crippen LogP contribution in [0.1, 0.15) is 25.6 Å². The van der Waals surface area contributed by atoms with Crippen LogP contribution in [0.2, 0.25) is 5.02 Å². The summed E-state index contributed by atoms with van der Waals surface area (Å²) in [5.74, 6) is -0.466. The predicted molar refractivity (Wildman–Crippen MR) is 124 cm³/mol. The molecule has 0 aliphatic carbocycles. The fraction of sp³-hybridized carbons (Fsp3) is 0.190. The van der Waals surface area contributed by atoms with Crippen molar-refractivity contribution in [1.29, 1.82) is 0 Å². The van der Waals surface area contributed by atoms with Crippen LogP contribution in [0.25, 0.3) is 11.3 Å². The fourth-order valence-electron chi connectivity index (χ4n) is 3.36. The van der Waals surface area contributed by atoms with Crippen LogP contribution in [-0.4, -0.2) is 33.3 Å². The maximum absolute atomic E-state index is 12.9. The van der Waals surface area contributed by atoms with E-state index < -0.39 is 12.2 Å². The molecule has 1 amide bonds. The first-order chi connectivity index (χ1) is 15.3. The lowest BCUT2D eigenvalue weighted by Gasteiger charge is -2.31. The summed E-state index contributed by atoms with van der Waals surface area (Å²) in [5.41, 5.74) is 1.92. The number of anilines is 1. The number of carbonyl (C=O) groups is 2. The van der Waals surface area contributed by atoms with Gasteiger partial charge in [-0.25, -0.2) is 0 Å². The van der Waals surface area contributed by atoms with Crippen LogP contribution in [0.15, 0.2) is 46.0 Å². The summed E-state index contributed by atoms with van der Waals surface area (Å²) in [7, 11) is 0. The summed E-state index contributed by atoms with van der Waals surface area (Å²) < 4.78 is 12.2. The fourth-order valence-corrected chi connectivity index (χ4v) is 4.57. The second kappa shape index (κ2) is 9.05. The number of halogens is 2. The third-order valence-corrected chi connectivity index (χ3v) is 5.93. The molecule has 0 N–H and O–H groups in total. The number of benzene rings is 2. The molecule has 0 saturated heterocycles.